The van der Waals surface area contributed by atoms with Gasteiger partial charge in [-0.05, 0) is 29.8 Å². The number of aryl methyl sites for hydroxylation is 1. The molecule has 3 rings (SSSR count). The van der Waals surface area contributed by atoms with Gasteiger partial charge in [-0.2, -0.15) is 4.80 Å². The maximum atomic E-state index is 12.0. The number of carbonyl (C=O) groups is 1. The molecule has 0 spiro atoms. The predicted octanol–water partition coefficient (Wildman–Crippen LogP) is 1.88. The summed E-state index contributed by atoms with van der Waals surface area (Å²) in [7, 11) is 0. The zero-order valence-corrected chi connectivity index (χ0v) is 13.9. The Kier molecular flexibility index (Phi) is 5.36. The van der Waals surface area contributed by atoms with Crippen molar-refractivity contribution in [3.05, 3.63) is 71.5 Å². The largest absolute Gasteiger partial charge is 0.485 e. The summed E-state index contributed by atoms with van der Waals surface area (Å²) in [4.78, 5) is 13.2. The molecule has 0 saturated heterocycles. The quantitative estimate of drug-likeness (QED) is 0.712. The predicted molar refractivity (Wildman–Crippen MR) is 91.6 cm³/mol. The van der Waals surface area contributed by atoms with Crippen LogP contribution in [0.3, 0.4) is 0 Å². The van der Waals surface area contributed by atoms with Crippen molar-refractivity contribution in [3.8, 4) is 5.75 Å². The molecule has 0 aliphatic rings. The average molecular weight is 337 g/mol. The fraction of sp³-hybridized carbons (Fsp3) is 0.222. The molecule has 0 radical (unpaired) electrons. The number of amides is 1. The van der Waals surface area contributed by atoms with Crippen molar-refractivity contribution in [3.63, 3.8) is 0 Å². The van der Waals surface area contributed by atoms with Gasteiger partial charge < -0.3 is 10.1 Å². The molecule has 7 nitrogen and oxygen atoms in total. The van der Waals surface area contributed by atoms with Crippen LogP contribution < -0.4 is 10.1 Å². The van der Waals surface area contributed by atoms with Crippen LogP contribution in [0, 0.1) is 6.92 Å². The number of benzene rings is 2. The SMILES string of the molecule is Cc1cccc(CNC(=O)Cn2nnc(COc3ccccc3)n2)c1. The van der Waals surface area contributed by atoms with Gasteiger partial charge in [0, 0.05) is 6.54 Å². The third-order valence-corrected chi connectivity index (χ3v) is 3.46. The molecule has 3 aromatic rings. The first-order valence-corrected chi connectivity index (χ1v) is 7.96. The summed E-state index contributed by atoms with van der Waals surface area (Å²) in [5.74, 6) is 0.986. The summed E-state index contributed by atoms with van der Waals surface area (Å²) < 4.78 is 5.55. The number of hydrogen-bond acceptors (Lipinski definition) is 5. The van der Waals surface area contributed by atoms with Gasteiger partial charge in [-0.1, -0.05) is 48.0 Å². The molecule has 1 heterocycles. The molecule has 0 aliphatic heterocycles. The minimum Gasteiger partial charge on any atom is -0.485 e. The normalized spacial score (nSPS) is 10.4. The number of rotatable bonds is 7. The molecular formula is C18H19N5O2. The van der Waals surface area contributed by atoms with E-state index in [9.17, 15) is 4.79 Å². The van der Waals surface area contributed by atoms with Gasteiger partial charge in [0.15, 0.2) is 6.61 Å². The fourth-order valence-electron chi connectivity index (χ4n) is 2.27. The number of nitrogens with one attached hydrogen (secondary N) is 1. The summed E-state index contributed by atoms with van der Waals surface area (Å²) in [5.41, 5.74) is 2.21. The van der Waals surface area contributed by atoms with Gasteiger partial charge in [0.2, 0.25) is 11.7 Å². The Bertz CT molecular complexity index is 832. The maximum Gasteiger partial charge on any atom is 0.243 e. The summed E-state index contributed by atoms with van der Waals surface area (Å²) in [6.07, 6.45) is 0. The zero-order chi connectivity index (χ0) is 17.5. The van der Waals surface area contributed by atoms with Crippen LogP contribution in [0.15, 0.2) is 54.6 Å². The third-order valence-electron chi connectivity index (χ3n) is 3.46. The number of carbonyl (C=O) groups excluding carboxylic acids is 1. The van der Waals surface area contributed by atoms with Crippen LogP contribution in [0.5, 0.6) is 5.75 Å². The summed E-state index contributed by atoms with van der Waals surface area (Å²) in [6.45, 7) is 2.71. The van der Waals surface area contributed by atoms with Gasteiger partial charge in [-0.25, -0.2) is 0 Å². The van der Waals surface area contributed by atoms with Gasteiger partial charge in [0.25, 0.3) is 0 Å². The molecule has 0 bridgehead atoms. The van der Waals surface area contributed by atoms with E-state index in [1.807, 2.05) is 61.5 Å². The molecular weight excluding hydrogens is 318 g/mol. The second kappa shape index (κ2) is 8.05. The number of ether oxygens (including phenoxy) is 1. The Balaban J connectivity index is 1.46. The van der Waals surface area contributed by atoms with Crippen LogP contribution in [-0.2, 0) is 24.5 Å². The maximum absolute atomic E-state index is 12.0. The average Bonchev–Trinajstić information content (AvgIpc) is 3.06. The summed E-state index contributed by atoms with van der Waals surface area (Å²) >= 11 is 0. The molecule has 2 aromatic carbocycles. The van der Waals surface area contributed by atoms with E-state index in [0.717, 1.165) is 16.9 Å². The first-order valence-electron chi connectivity index (χ1n) is 7.96. The van der Waals surface area contributed by atoms with Gasteiger partial charge in [-0.15, -0.1) is 10.2 Å². The molecule has 1 N–H and O–H groups in total. The molecule has 1 aromatic heterocycles. The number of nitrogens with zero attached hydrogens (tertiary/aromatic N) is 4. The van der Waals surface area contributed by atoms with Crippen molar-refractivity contribution in [2.45, 2.75) is 26.6 Å². The summed E-state index contributed by atoms with van der Waals surface area (Å²) in [5, 5.41) is 14.7. The van der Waals surface area contributed by atoms with Crippen LogP contribution in [0.4, 0.5) is 0 Å². The van der Waals surface area contributed by atoms with E-state index in [-0.39, 0.29) is 19.1 Å². The lowest BCUT2D eigenvalue weighted by atomic mass is 10.1. The monoisotopic (exact) mass is 337 g/mol. The Labute approximate surface area is 145 Å². The van der Waals surface area contributed by atoms with Crippen LogP contribution in [0.25, 0.3) is 0 Å². The van der Waals surface area contributed by atoms with Gasteiger partial charge in [-0.3, -0.25) is 4.79 Å². The molecule has 0 aliphatic carbocycles. The van der Waals surface area contributed by atoms with Crippen molar-refractivity contribution in [2.75, 3.05) is 0 Å². The van der Waals surface area contributed by atoms with Crippen LogP contribution in [0.2, 0.25) is 0 Å². The highest BCUT2D eigenvalue weighted by molar-refractivity contribution is 5.75. The molecule has 0 fully saturated rings. The minimum atomic E-state index is -0.172. The zero-order valence-electron chi connectivity index (χ0n) is 13.9. The third kappa shape index (κ3) is 5.13. The second-order valence-electron chi connectivity index (χ2n) is 5.60. The number of aromatic nitrogens is 4. The lowest BCUT2D eigenvalue weighted by Crippen LogP contribution is -2.28. The van der Waals surface area contributed by atoms with Crippen molar-refractivity contribution in [1.29, 1.82) is 0 Å². The molecule has 0 saturated carbocycles. The molecule has 25 heavy (non-hydrogen) atoms. The van der Waals surface area contributed by atoms with E-state index in [1.54, 1.807) is 0 Å². The Hall–Kier alpha value is -3.22. The van der Waals surface area contributed by atoms with Crippen molar-refractivity contribution < 1.29 is 9.53 Å². The van der Waals surface area contributed by atoms with Gasteiger partial charge in [0.1, 0.15) is 12.3 Å². The Morgan fingerprint density at radius 3 is 2.80 bits per heavy atom. The first kappa shape index (κ1) is 16.6. The highest BCUT2D eigenvalue weighted by Crippen LogP contribution is 2.09. The molecule has 7 heteroatoms. The van der Waals surface area contributed by atoms with E-state index in [2.05, 4.69) is 20.7 Å². The number of hydrogen-bond donors (Lipinski definition) is 1. The van der Waals surface area contributed by atoms with E-state index in [4.69, 9.17) is 4.74 Å². The molecule has 128 valence electrons. The van der Waals surface area contributed by atoms with Crippen molar-refractivity contribution in [1.82, 2.24) is 25.5 Å². The highest BCUT2D eigenvalue weighted by atomic mass is 16.5. The lowest BCUT2D eigenvalue weighted by Gasteiger charge is -2.05. The Morgan fingerprint density at radius 2 is 2.00 bits per heavy atom. The van der Waals surface area contributed by atoms with E-state index < -0.39 is 0 Å². The van der Waals surface area contributed by atoms with E-state index in [1.165, 1.54) is 4.80 Å². The van der Waals surface area contributed by atoms with Crippen LogP contribution in [-0.4, -0.2) is 26.1 Å². The fourth-order valence-corrected chi connectivity index (χ4v) is 2.27. The number of tetrazole rings is 1. The Morgan fingerprint density at radius 1 is 1.16 bits per heavy atom. The summed E-state index contributed by atoms with van der Waals surface area (Å²) in [6, 6.07) is 17.4. The molecule has 0 unspecified atom stereocenters. The van der Waals surface area contributed by atoms with Crippen LogP contribution in [0.1, 0.15) is 17.0 Å². The lowest BCUT2D eigenvalue weighted by molar-refractivity contribution is -0.122. The first-order chi connectivity index (χ1) is 12.2. The van der Waals surface area contributed by atoms with E-state index >= 15 is 0 Å². The van der Waals surface area contributed by atoms with Crippen molar-refractivity contribution in [2.24, 2.45) is 0 Å². The highest BCUT2D eigenvalue weighted by Gasteiger charge is 2.08. The standard InChI is InChI=1S/C18H19N5O2/c1-14-6-5-7-15(10-14)11-19-18(24)12-23-21-17(20-22-23)13-25-16-8-3-2-4-9-16/h2-10H,11-13H2,1H3,(H,19,24). The topological polar surface area (TPSA) is 81.9 Å². The molecule has 0 atom stereocenters. The second-order valence-corrected chi connectivity index (χ2v) is 5.60. The smallest absolute Gasteiger partial charge is 0.243 e. The van der Waals surface area contributed by atoms with Crippen molar-refractivity contribution >= 4 is 5.91 Å². The number of para-hydroxylation sites is 1. The van der Waals surface area contributed by atoms with E-state index in [0.29, 0.717) is 12.4 Å². The van der Waals surface area contributed by atoms with Gasteiger partial charge in [0.05, 0.1) is 0 Å². The molecule has 1 amide bonds. The van der Waals surface area contributed by atoms with Gasteiger partial charge >= 0.3 is 0 Å². The van der Waals surface area contributed by atoms with Crippen LogP contribution >= 0.6 is 0 Å². The minimum absolute atomic E-state index is 0.0180.